The summed E-state index contributed by atoms with van der Waals surface area (Å²) in [6, 6.07) is 0. The topological polar surface area (TPSA) is 76.4 Å². The van der Waals surface area contributed by atoms with Crippen molar-refractivity contribution in [1.82, 2.24) is 5.32 Å². The van der Waals surface area contributed by atoms with E-state index in [9.17, 15) is 14.4 Å². The van der Waals surface area contributed by atoms with E-state index in [0.29, 0.717) is 24.0 Å². The van der Waals surface area contributed by atoms with Crippen molar-refractivity contribution in [1.29, 1.82) is 0 Å². The lowest BCUT2D eigenvalue weighted by Crippen LogP contribution is -2.39. The lowest BCUT2D eigenvalue weighted by atomic mass is 9.87. The largest absolute Gasteiger partial charge is 0.426 e. The van der Waals surface area contributed by atoms with Gasteiger partial charge in [0.1, 0.15) is 5.76 Å². The van der Waals surface area contributed by atoms with Gasteiger partial charge in [0, 0.05) is 5.56 Å². The summed E-state index contributed by atoms with van der Waals surface area (Å²) in [4.78, 5) is 34.7. The summed E-state index contributed by atoms with van der Waals surface area (Å²) in [5.41, 5.74) is 1.42. The molecular weight excluding hydrogens is 222 g/mol. The molecule has 17 heavy (non-hydrogen) atoms. The molecule has 0 unspecified atom stereocenters. The second kappa shape index (κ2) is 3.55. The Kier molecular flexibility index (Phi) is 2.14. The van der Waals surface area contributed by atoms with E-state index in [-0.39, 0.29) is 17.8 Å². The van der Waals surface area contributed by atoms with Gasteiger partial charge in [-0.05, 0) is 31.2 Å². The minimum Gasteiger partial charge on any atom is -0.426 e. The van der Waals surface area contributed by atoms with Crippen LogP contribution in [0.5, 0.6) is 0 Å². The summed E-state index contributed by atoms with van der Waals surface area (Å²) in [6.45, 7) is 0. The van der Waals surface area contributed by atoms with E-state index in [4.69, 9.17) is 4.42 Å². The third-order valence-electron chi connectivity index (χ3n) is 3.31. The zero-order chi connectivity index (χ0) is 12.0. The molecule has 1 aromatic rings. The first-order valence-electron chi connectivity index (χ1n) is 5.68. The fourth-order valence-electron chi connectivity index (χ4n) is 2.57. The van der Waals surface area contributed by atoms with E-state index in [0.717, 1.165) is 18.4 Å². The predicted molar refractivity (Wildman–Crippen MR) is 57.8 cm³/mol. The van der Waals surface area contributed by atoms with Gasteiger partial charge < -0.3 is 4.42 Å². The highest BCUT2D eigenvalue weighted by Crippen LogP contribution is 2.26. The molecule has 1 aromatic heterocycles. The first-order chi connectivity index (χ1) is 8.16. The van der Waals surface area contributed by atoms with E-state index in [1.807, 2.05) is 0 Å². The van der Waals surface area contributed by atoms with E-state index < -0.39 is 11.8 Å². The van der Waals surface area contributed by atoms with Crippen molar-refractivity contribution in [3.63, 3.8) is 0 Å². The number of nitrogens with one attached hydrogen (secondary N) is 1. The fourth-order valence-corrected chi connectivity index (χ4v) is 2.57. The Morgan fingerprint density at radius 3 is 2.47 bits per heavy atom. The van der Waals surface area contributed by atoms with Crippen molar-refractivity contribution >= 4 is 11.8 Å². The van der Waals surface area contributed by atoms with Crippen LogP contribution in [0.2, 0.25) is 0 Å². The number of hydrogen-bond acceptors (Lipinski definition) is 4. The van der Waals surface area contributed by atoms with Crippen molar-refractivity contribution < 1.29 is 14.0 Å². The first kappa shape index (κ1) is 10.3. The SMILES string of the molecule is O=C1Cc2oc(=O)c3c(c2C(=O)N1)CCCC3. The highest BCUT2D eigenvalue weighted by Gasteiger charge is 2.31. The summed E-state index contributed by atoms with van der Waals surface area (Å²) >= 11 is 0. The van der Waals surface area contributed by atoms with Crippen LogP contribution in [-0.4, -0.2) is 11.8 Å². The minimum atomic E-state index is -0.432. The van der Waals surface area contributed by atoms with Gasteiger partial charge in [0.05, 0.1) is 12.0 Å². The van der Waals surface area contributed by atoms with Gasteiger partial charge in [-0.25, -0.2) is 4.79 Å². The molecule has 0 fully saturated rings. The Balaban J connectivity index is 2.29. The van der Waals surface area contributed by atoms with Gasteiger partial charge in [0.25, 0.3) is 5.91 Å². The summed E-state index contributed by atoms with van der Waals surface area (Å²) in [5.74, 6) is -0.621. The molecule has 1 aliphatic heterocycles. The number of carbonyl (C=O) groups excluding carboxylic acids is 2. The Hall–Kier alpha value is -1.91. The summed E-state index contributed by atoms with van der Waals surface area (Å²) in [7, 11) is 0. The third-order valence-corrected chi connectivity index (χ3v) is 3.31. The van der Waals surface area contributed by atoms with Crippen LogP contribution < -0.4 is 10.9 Å². The summed E-state index contributed by atoms with van der Waals surface area (Å²) in [5, 5.41) is 2.27. The molecule has 2 amide bonds. The molecule has 0 atom stereocenters. The average Bonchev–Trinajstić information content (AvgIpc) is 2.28. The molecule has 1 N–H and O–H groups in total. The number of amides is 2. The van der Waals surface area contributed by atoms with Crippen molar-refractivity contribution in [3.05, 3.63) is 32.9 Å². The standard InChI is InChI=1S/C12H11NO4/c14-9-5-8-10(11(15)13-9)6-3-1-2-4-7(6)12(16)17-8/h1-5H2,(H,13,14,15). The van der Waals surface area contributed by atoms with E-state index in [1.54, 1.807) is 0 Å². The maximum atomic E-state index is 11.8. The van der Waals surface area contributed by atoms with Crippen molar-refractivity contribution in [2.75, 3.05) is 0 Å². The van der Waals surface area contributed by atoms with Gasteiger partial charge in [-0.2, -0.15) is 0 Å². The van der Waals surface area contributed by atoms with Gasteiger partial charge in [-0.1, -0.05) is 0 Å². The van der Waals surface area contributed by atoms with Crippen LogP contribution in [0.25, 0.3) is 0 Å². The molecule has 0 radical (unpaired) electrons. The van der Waals surface area contributed by atoms with Crippen LogP contribution in [0.3, 0.4) is 0 Å². The molecule has 3 rings (SSSR count). The maximum absolute atomic E-state index is 11.8. The van der Waals surface area contributed by atoms with Gasteiger partial charge in [-0.3, -0.25) is 14.9 Å². The smallest absolute Gasteiger partial charge is 0.339 e. The predicted octanol–water partition coefficient (Wildman–Crippen LogP) is 0.331. The monoisotopic (exact) mass is 233 g/mol. The molecular formula is C12H11NO4. The maximum Gasteiger partial charge on any atom is 0.339 e. The summed E-state index contributed by atoms with van der Waals surface area (Å²) in [6.07, 6.45) is 3.25. The molecule has 2 aliphatic rings. The molecule has 0 bridgehead atoms. The van der Waals surface area contributed by atoms with Crippen molar-refractivity contribution in [2.24, 2.45) is 0 Å². The Morgan fingerprint density at radius 2 is 1.71 bits per heavy atom. The van der Waals surface area contributed by atoms with Crippen LogP contribution >= 0.6 is 0 Å². The van der Waals surface area contributed by atoms with E-state index in [1.165, 1.54) is 0 Å². The highest BCUT2D eigenvalue weighted by atomic mass is 16.4. The Bertz CT molecular complexity index is 585. The average molecular weight is 233 g/mol. The lowest BCUT2D eigenvalue weighted by Gasteiger charge is -2.21. The van der Waals surface area contributed by atoms with Crippen LogP contribution in [0.4, 0.5) is 0 Å². The minimum absolute atomic E-state index is 0.0242. The molecule has 1 aliphatic carbocycles. The zero-order valence-electron chi connectivity index (χ0n) is 9.17. The highest BCUT2D eigenvalue weighted by molar-refractivity contribution is 6.10. The second-order valence-corrected chi connectivity index (χ2v) is 4.41. The molecule has 2 heterocycles. The number of rotatable bonds is 0. The second-order valence-electron chi connectivity index (χ2n) is 4.41. The van der Waals surface area contributed by atoms with Crippen LogP contribution in [0.1, 0.15) is 40.1 Å². The molecule has 0 saturated carbocycles. The van der Waals surface area contributed by atoms with Crippen LogP contribution in [0, 0.1) is 0 Å². The zero-order valence-corrected chi connectivity index (χ0v) is 9.17. The fraction of sp³-hybridized carbons (Fsp3) is 0.417. The third kappa shape index (κ3) is 1.50. The number of imide groups is 1. The lowest BCUT2D eigenvalue weighted by molar-refractivity contribution is -0.120. The number of hydrogen-bond donors (Lipinski definition) is 1. The molecule has 5 nitrogen and oxygen atoms in total. The summed E-state index contributed by atoms with van der Waals surface area (Å²) < 4.78 is 5.10. The molecule has 88 valence electrons. The Labute approximate surface area is 96.8 Å². The number of fused-ring (bicyclic) bond motifs is 3. The van der Waals surface area contributed by atoms with Crippen LogP contribution in [0.15, 0.2) is 9.21 Å². The van der Waals surface area contributed by atoms with E-state index >= 15 is 0 Å². The normalized spacial score (nSPS) is 18.4. The molecule has 5 heteroatoms. The molecule has 0 spiro atoms. The molecule has 0 aromatic carbocycles. The van der Waals surface area contributed by atoms with Crippen molar-refractivity contribution in [3.8, 4) is 0 Å². The first-order valence-corrected chi connectivity index (χ1v) is 5.68. The van der Waals surface area contributed by atoms with E-state index in [2.05, 4.69) is 5.32 Å². The van der Waals surface area contributed by atoms with Gasteiger partial charge >= 0.3 is 5.63 Å². The van der Waals surface area contributed by atoms with Gasteiger partial charge in [0.15, 0.2) is 0 Å². The quantitative estimate of drug-likeness (QED) is 0.655. The molecule has 0 saturated heterocycles. The van der Waals surface area contributed by atoms with Gasteiger partial charge in [0.2, 0.25) is 5.91 Å². The number of carbonyl (C=O) groups is 2. The van der Waals surface area contributed by atoms with Crippen LogP contribution in [-0.2, 0) is 24.1 Å². The van der Waals surface area contributed by atoms with Crippen molar-refractivity contribution in [2.45, 2.75) is 32.1 Å². The van der Waals surface area contributed by atoms with Gasteiger partial charge in [-0.15, -0.1) is 0 Å². The Morgan fingerprint density at radius 1 is 1.00 bits per heavy atom.